The number of nitrogens with two attached hydrogens (primary N) is 1. The molecule has 0 aromatic heterocycles. The molecule has 2 aromatic rings. The second kappa shape index (κ2) is 15.0. The number of nitrogens with one attached hydrogen (secondary N) is 3. The van der Waals surface area contributed by atoms with Crippen LogP contribution in [0.4, 0.5) is 0 Å². The molecule has 0 aliphatic rings. The van der Waals surface area contributed by atoms with Crippen LogP contribution >= 0.6 is 12.6 Å². The molecule has 0 heterocycles. The topological polar surface area (TPSA) is 151 Å². The van der Waals surface area contributed by atoms with Gasteiger partial charge in [0.05, 0.1) is 6.04 Å². The van der Waals surface area contributed by atoms with E-state index in [-0.39, 0.29) is 24.5 Å². The first kappa shape index (κ1) is 29.9. The molecule has 200 valence electrons. The number of benzene rings is 2. The summed E-state index contributed by atoms with van der Waals surface area (Å²) in [6.07, 6.45) is 0.752. The van der Waals surface area contributed by atoms with Crippen molar-refractivity contribution in [3.63, 3.8) is 0 Å². The van der Waals surface area contributed by atoms with Crippen molar-refractivity contribution in [1.29, 1.82) is 0 Å². The molecule has 4 unspecified atom stereocenters. The van der Waals surface area contributed by atoms with Gasteiger partial charge in [-0.05, 0) is 29.9 Å². The molecule has 0 bridgehead atoms. The molecule has 0 radical (unpaired) electrons. The third-order valence-corrected chi connectivity index (χ3v) is 6.05. The maximum atomic E-state index is 13.4. The number of carboxylic acid groups (broad SMARTS) is 1. The Morgan fingerprint density at radius 1 is 0.757 bits per heavy atom. The van der Waals surface area contributed by atoms with E-state index in [0.29, 0.717) is 6.42 Å². The molecule has 6 N–H and O–H groups in total. The molecule has 0 fully saturated rings. The third-order valence-electron chi connectivity index (χ3n) is 5.69. The highest BCUT2D eigenvalue weighted by molar-refractivity contribution is 7.80. The van der Waals surface area contributed by atoms with E-state index in [1.54, 1.807) is 0 Å². The van der Waals surface area contributed by atoms with Crippen LogP contribution in [0, 0.1) is 5.92 Å². The molecule has 0 aliphatic heterocycles. The molecule has 0 spiro atoms. The minimum absolute atomic E-state index is 0.0248. The van der Waals surface area contributed by atoms with Crippen LogP contribution in [0.1, 0.15) is 31.4 Å². The lowest BCUT2D eigenvalue weighted by Gasteiger charge is -2.26. The first-order valence-electron chi connectivity index (χ1n) is 12.2. The first-order chi connectivity index (χ1) is 17.6. The van der Waals surface area contributed by atoms with Gasteiger partial charge >= 0.3 is 5.97 Å². The van der Waals surface area contributed by atoms with Crippen molar-refractivity contribution in [2.45, 2.75) is 57.3 Å². The van der Waals surface area contributed by atoms with Crippen LogP contribution in [0.15, 0.2) is 60.7 Å². The molecule has 0 saturated heterocycles. The van der Waals surface area contributed by atoms with Gasteiger partial charge in [-0.25, -0.2) is 4.79 Å². The molecule has 4 atom stereocenters. The van der Waals surface area contributed by atoms with Crippen LogP contribution in [0.5, 0.6) is 0 Å². The molecule has 37 heavy (non-hydrogen) atoms. The number of rotatable bonds is 14. The fraction of sp³-hybridized carbons (Fsp3) is 0.407. The summed E-state index contributed by atoms with van der Waals surface area (Å²) in [6.45, 7) is 3.76. The van der Waals surface area contributed by atoms with E-state index >= 15 is 0 Å². The number of carbonyl (C=O) groups excluding carboxylic acids is 3. The highest BCUT2D eigenvalue weighted by Crippen LogP contribution is 2.09. The number of hydrogen-bond acceptors (Lipinski definition) is 6. The van der Waals surface area contributed by atoms with Gasteiger partial charge in [-0.1, -0.05) is 74.5 Å². The number of carbonyl (C=O) groups is 4. The van der Waals surface area contributed by atoms with E-state index < -0.39 is 47.9 Å². The van der Waals surface area contributed by atoms with E-state index in [1.165, 1.54) is 0 Å². The number of hydrogen-bond donors (Lipinski definition) is 6. The van der Waals surface area contributed by atoms with Crippen molar-refractivity contribution in [3.8, 4) is 0 Å². The first-order valence-corrected chi connectivity index (χ1v) is 12.8. The Kier molecular flexibility index (Phi) is 12.1. The summed E-state index contributed by atoms with van der Waals surface area (Å²) in [5.74, 6) is -2.99. The van der Waals surface area contributed by atoms with Crippen molar-refractivity contribution in [2.24, 2.45) is 11.7 Å². The maximum absolute atomic E-state index is 13.4. The standard InChI is InChI=1S/C27H36N4O5S/c1-17(2)13-21(25(33)31-23(16-37)27(35)36)30-26(34)22(15-19-11-7-4-8-12-19)29-24(32)20(28)14-18-9-5-3-6-10-18/h3-12,17,20-23,37H,13-16,28H2,1-2H3,(H,29,32)(H,30,34)(H,31,33)(H,35,36). The van der Waals surface area contributed by atoms with E-state index in [1.807, 2.05) is 74.5 Å². The quantitative estimate of drug-likeness (QED) is 0.204. The lowest BCUT2D eigenvalue weighted by Crippen LogP contribution is -2.58. The fourth-order valence-electron chi connectivity index (χ4n) is 3.73. The van der Waals surface area contributed by atoms with Gasteiger partial charge in [0.1, 0.15) is 18.1 Å². The summed E-state index contributed by atoms with van der Waals surface area (Å²) in [5, 5.41) is 17.1. The van der Waals surface area contributed by atoms with E-state index in [4.69, 9.17) is 5.73 Å². The summed E-state index contributed by atoms with van der Waals surface area (Å²) in [4.78, 5) is 50.5. The van der Waals surface area contributed by atoms with Crippen LogP contribution in [0.2, 0.25) is 0 Å². The lowest BCUT2D eigenvalue weighted by molar-refractivity contribution is -0.141. The van der Waals surface area contributed by atoms with Gasteiger partial charge in [0, 0.05) is 12.2 Å². The van der Waals surface area contributed by atoms with Gasteiger partial charge < -0.3 is 26.8 Å². The zero-order valence-electron chi connectivity index (χ0n) is 21.1. The number of aliphatic carboxylic acids is 1. The SMILES string of the molecule is CC(C)CC(NC(=O)C(Cc1ccccc1)NC(=O)C(N)Cc1ccccc1)C(=O)NC(CS)C(=O)O. The fourth-order valence-corrected chi connectivity index (χ4v) is 3.98. The zero-order valence-corrected chi connectivity index (χ0v) is 22.0. The van der Waals surface area contributed by atoms with E-state index in [9.17, 15) is 24.3 Å². The highest BCUT2D eigenvalue weighted by atomic mass is 32.1. The van der Waals surface area contributed by atoms with Crippen molar-refractivity contribution in [2.75, 3.05) is 5.75 Å². The van der Waals surface area contributed by atoms with Crippen LogP contribution in [-0.2, 0) is 32.0 Å². The third kappa shape index (κ3) is 10.3. The lowest BCUT2D eigenvalue weighted by atomic mass is 10.00. The van der Waals surface area contributed by atoms with Gasteiger partial charge in [-0.2, -0.15) is 12.6 Å². The Balaban J connectivity index is 2.19. The summed E-state index contributed by atoms with van der Waals surface area (Å²) in [7, 11) is 0. The molecule has 2 rings (SSSR count). The number of thiol groups is 1. The molecular weight excluding hydrogens is 492 g/mol. The van der Waals surface area contributed by atoms with E-state index in [0.717, 1.165) is 11.1 Å². The normalized spacial score (nSPS) is 14.2. The average Bonchev–Trinajstić information content (AvgIpc) is 2.86. The minimum Gasteiger partial charge on any atom is -0.480 e. The Morgan fingerprint density at radius 2 is 1.22 bits per heavy atom. The summed E-state index contributed by atoms with van der Waals surface area (Å²) in [5.41, 5.74) is 7.83. The van der Waals surface area contributed by atoms with Gasteiger partial charge in [0.25, 0.3) is 0 Å². The molecule has 10 heteroatoms. The Labute approximate surface area is 223 Å². The average molecular weight is 529 g/mol. The van der Waals surface area contributed by atoms with Crippen LogP contribution in [-0.4, -0.2) is 58.7 Å². The molecule has 0 saturated carbocycles. The van der Waals surface area contributed by atoms with Crippen molar-refractivity contribution < 1.29 is 24.3 Å². The van der Waals surface area contributed by atoms with Crippen LogP contribution < -0.4 is 21.7 Å². The van der Waals surface area contributed by atoms with Crippen molar-refractivity contribution in [1.82, 2.24) is 16.0 Å². The summed E-state index contributed by atoms with van der Waals surface area (Å²) in [6, 6.07) is 14.4. The van der Waals surface area contributed by atoms with Crippen molar-refractivity contribution >= 4 is 36.3 Å². The second-order valence-corrected chi connectivity index (χ2v) is 9.68. The monoisotopic (exact) mass is 528 g/mol. The Bertz CT molecular complexity index is 1040. The summed E-state index contributed by atoms with van der Waals surface area (Å²) >= 11 is 3.98. The Hall–Kier alpha value is -3.37. The van der Waals surface area contributed by atoms with Crippen LogP contribution in [0.3, 0.4) is 0 Å². The molecular formula is C27H36N4O5S. The predicted molar refractivity (Wildman–Crippen MR) is 145 cm³/mol. The Morgan fingerprint density at radius 3 is 1.70 bits per heavy atom. The maximum Gasteiger partial charge on any atom is 0.327 e. The molecule has 9 nitrogen and oxygen atoms in total. The largest absolute Gasteiger partial charge is 0.480 e. The summed E-state index contributed by atoms with van der Waals surface area (Å²) < 4.78 is 0. The molecule has 3 amide bonds. The minimum atomic E-state index is -1.22. The van der Waals surface area contributed by atoms with Crippen molar-refractivity contribution in [3.05, 3.63) is 71.8 Å². The second-order valence-electron chi connectivity index (χ2n) is 9.32. The van der Waals surface area contributed by atoms with Crippen LogP contribution in [0.25, 0.3) is 0 Å². The smallest absolute Gasteiger partial charge is 0.327 e. The van der Waals surface area contributed by atoms with E-state index in [2.05, 4.69) is 28.6 Å². The van der Waals surface area contributed by atoms with Gasteiger partial charge in [0.2, 0.25) is 17.7 Å². The number of amides is 3. The predicted octanol–water partition coefficient (Wildman–Crippen LogP) is 1.31. The number of carboxylic acids is 1. The molecule has 2 aromatic carbocycles. The zero-order chi connectivity index (χ0) is 27.4. The van der Waals surface area contributed by atoms with Gasteiger partial charge in [-0.15, -0.1) is 0 Å². The highest BCUT2D eigenvalue weighted by Gasteiger charge is 2.30. The van der Waals surface area contributed by atoms with Gasteiger partial charge in [-0.3, -0.25) is 14.4 Å². The van der Waals surface area contributed by atoms with Gasteiger partial charge in [0.15, 0.2) is 0 Å². The molecule has 0 aliphatic carbocycles.